The molecule has 0 aliphatic carbocycles. The Labute approximate surface area is 122 Å². The lowest BCUT2D eigenvalue weighted by atomic mass is 10.1. The average Bonchev–Trinajstić information content (AvgIpc) is 3.04. The summed E-state index contributed by atoms with van der Waals surface area (Å²) >= 11 is 0. The highest BCUT2D eigenvalue weighted by Gasteiger charge is 2.09. The molecule has 0 aliphatic rings. The number of amides is 1. The number of carbonyl (C=O) groups is 1. The monoisotopic (exact) mass is 282 g/mol. The van der Waals surface area contributed by atoms with Gasteiger partial charge in [0.1, 0.15) is 23.2 Å². The molecule has 5 heteroatoms. The molecule has 1 aromatic heterocycles. The Kier molecular flexibility index (Phi) is 4.78. The number of ether oxygens (including phenoxy) is 1. The molecular weight excluding hydrogens is 268 g/mol. The molecule has 0 aliphatic heterocycles. The Morgan fingerprint density at radius 2 is 2.29 bits per heavy atom. The van der Waals surface area contributed by atoms with Gasteiger partial charge in [-0.1, -0.05) is 12.1 Å². The van der Waals surface area contributed by atoms with Gasteiger partial charge in [0.25, 0.3) is 5.91 Å². The zero-order valence-electron chi connectivity index (χ0n) is 11.5. The average molecular weight is 282 g/mol. The number of nitrogens with one attached hydrogen (secondary N) is 1. The van der Waals surface area contributed by atoms with Crippen LogP contribution < -0.4 is 10.1 Å². The Morgan fingerprint density at radius 3 is 2.95 bits per heavy atom. The number of benzene rings is 1. The third-order valence-electron chi connectivity index (χ3n) is 2.77. The van der Waals surface area contributed by atoms with Gasteiger partial charge in [-0.05, 0) is 35.9 Å². The van der Waals surface area contributed by atoms with E-state index in [9.17, 15) is 4.79 Å². The molecule has 0 unspecified atom stereocenters. The zero-order valence-corrected chi connectivity index (χ0v) is 11.5. The molecule has 2 aromatic rings. The van der Waals surface area contributed by atoms with E-state index in [4.69, 9.17) is 14.4 Å². The van der Waals surface area contributed by atoms with E-state index in [1.54, 1.807) is 43.5 Å². The molecule has 1 N–H and O–H groups in total. The van der Waals surface area contributed by atoms with E-state index in [1.165, 1.54) is 12.3 Å². The fourth-order valence-electron chi connectivity index (χ4n) is 1.72. The predicted octanol–water partition coefficient (Wildman–Crippen LogP) is 2.51. The number of nitriles is 1. The van der Waals surface area contributed by atoms with Gasteiger partial charge in [-0.3, -0.25) is 4.79 Å². The molecule has 106 valence electrons. The molecule has 0 fully saturated rings. The summed E-state index contributed by atoms with van der Waals surface area (Å²) in [6, 6.07) is 12.5. The van der Waals surface area contributed by atoms with Crippen molar-refractivity contribution in [1.82, 2.24) is 5.32 Å². The number of hydrogen-bond donors (Lipinski definition) is 1. The second-order valence-electron chi connectivity index (χ2n) is 4.21. The minimum atomic E-state index is -0.447. The zero-order chi connectivity index (χ0) is 15.1. The van der Waals surface area contributed by atoms with Crippen molar-refractivity contribution >= 4 is 12.0 Å². The van der Waals surface area contributed by atoms with Crippen LogP contribution in [-0.2, 0) is 11.3 Å². The predicted molar refractivity (Wildman–Crippen MR) is 77.1 cm³/mol. The van der Waals surface area contributed by atoms with Crippen molar-refractivity contribution in [2.45, 2.75) is 6.54 Å². The molecule has 1 aromatic carbocycles. The summed E-state index contributed by atoms with van der Waals surface area (Å²) in [6.45, 7) is 0.239. The van der Waals surface area contributed by atoms with Gasteiger partial charge in [0.15, 0.2) is 0 Å². The molecule has 1 heterocycles. The number of rotatable bonds is 5. The van der Waals surface area contributed by atoms with Gasteiger partial charge >= 0.3 is 0 Å². The topological polar surface area (TPSA) is 75.3 Å². The molecule has 21 heavy (non-hydrogen) atoms. The summed E-state index contributed by atoms with van der Waals surface area (Å²) < 4.78 is 10.2. The molecule has 1 amide bonds. The van der Waals surface area contributed by atoms with Crippen LogP contribution in [0.3, 0.4) is 0 Å². The Bertz CT molecular complexity index is 682. The van der Waals surface area contributed by atoms with Crippen LogP contribution >= 0.6 is 0 Å². The summed E-state index contributed by atoms with van der Waals surface area (Å²) in [5, 5.41) is 11.7. The highest BCUT2D eigenvalue weighted by Crippen LogP contribution is 2.15. The fraction of sp³-hybridized carbons (Fsp3) is 0.125. The van der Waals surface area contributed by atoms with Crippen molar-refractivity contribution in [3.8, 4) is 11.8 Å². The van der Waals surface area contributed by atoms with E-state index < -0.39 is 5.91 Å². The molecule has 5 nitrogen and oxygen atoms in total. The quantitative estimate of drug-likeness (QED) is 0.675. The highest BCUT2D eigenvalue weighted by atomic mass is 16.5. The first-order valence-corrected chi connectivity index (χ1v) is 6.29. The molecule has 0 radical (unpaired) electrons. The summed E-state index contributed by atoms with van der Waals surface area (Å²) in [7, 11) is 1.56. The minimum absolute atomic E-state index is 0.0230. The number of hydrogen-bond acceptors (Lipinski definition) is 4. The van der Waals surface area contributed by atoms with Crippen LogP contribution in [0.25, 0.3) is 6.08 Å². The van der Waals surface area contributed by atoms with Crippen molar-refractivity contribution in [1.29, 1.82) is 5.26 Å². The van der Waals surface area contributed by atoms with Crippen LogP contribution in [-0.4, -0.2) is 13.0 Å². The van der Waals surface area contributed by atoms with Gasteiger partial charge in [0, 0.05) is 0 Å². The third kappa shape index (κ3) is 3.98. The lowest BCUT2D eigenvalue weighted by Crippen LogP contribution is -2.23. The number of nitrogens with zero attached hydrogens (tertiary/aromatic N) is 1. The Hall–Kier alpha value is -3.00. The highest BCUT2D eigenvalue weighted by molar-refractivity contribution is 6.01. The summed E-state index contributed by atoms with van der Waals surface area (Å²) in [4.78, 5) is 12.0. The van der Waals surface area contributed by atoms with Crippen LogP contribution in [0.15, 0.2) is 52.7 Å². The van der Waals surface area contributed by atoms with Crippen LogP contribution in [0.2, 0.25) is 0 Å². The van der Waals surface area contributed by atoms with Gasteiger partial charge in [-0.2, -0.15) is 5.26 Å². The van der Waals surface area contributed by atoms with Gasteiger partial charge in [-0.15, -0.1) is 0 Å². The maximum atomic E-state index is 12.0. The molecule has 0 atom stereocenters. The van der Waals surface area contributed by atoms with E-state index in [1.807, 2.05) is 6.07 Å². The Balaban J connectivity index is 2.08. The first kappa shape index (κ1) is 14.4. The Morgan fingerprint density at radius 1 is 1.43 bits per heavy atom. The second kappa shape index (κ2) is 6.96. The van der Waals surface area contributed by atoms with E-state index in [-0.39, 0.29) is 12.1 Å². The largest absolute Gasteiger partial charge is 0.497 e. The molecule has 0 saturated carbocycles. The van der Waals surface area contributed by atoms with E-state index >= 15 is 0 Å². The van der Waals surface area contributed by atoms with Crippen molar-refractivity contribution in [3.63, 3.8) is 0 Å². The molecular formula is C16H14N2O3. The lowest BCUT2D eigenvalue weighted by Gasteiger charge is -2.03. The van der Waals surface area contributed by atoms with Gasteiger partial charge in [0.05, 0.1) is 19.9 Å². The van der Waals surface area contributed by atoms with E-state index in [0.717, 1.165) is 5.56 Å². The first-order valence-electron chi connectivity index (χ1n) is 6.29. The summed E-state index contributed by atoms with van der Waals surface area (Å²) in [6.07, 6.45) is 3.04. The SMILES string of the molecule is COc1cccc(/C=C(/C#N)C(=O)NCc2ccco2)c1. The number of carbonyl (C=O) groups excluding carboxylic acids is 1. The van der Waals surface area contributed by atoms with Gasteiger partial charge in [-0.25, -0.2) is 0 Å². The number of furan rings is 1. The number of methoxy groups -OCH3 is 1. The van der Waals surface area contributed by atoms with Crippen LogP contribution in [0.5, 0.6) is 5.75 Å². The van der Waals surface area contributed by atoms with Crippen LogP contribution in [0.1, 0.15) is 11.3 Å². The normalized spacial score (nSPS) is 10.8. The van der Waals surface area contributed by atoms with E-state index in [2.05, 4.69) is 5.32 Å². The minimum Gasteiger partial charge on any atom is -0.497 e. The second-order valence-corrected chi connectivity index (χ2v) is 4.21. The maximum Gasteiger partial charge on any atom is 0.262 e. The van der Waals surface area contributed by atoms with Crippen molar-refractivity contribution in [2.24, 2.45) is 0 Å². The van der Waals surface area contributed by atoms with Gasteiger partial charge < -0.3 is 14.5 Å². The molecule has 2 rings (SSSR count). The molecule has 0 bridgehead atoms. The van der Waals surface area contributed by atoms with Gasteiger partial charge in [0.2, 0.25) is 0 Å². The van der Waals surface area contributed by atoms with Crippen molar-refractivity contribution in [2.75, 3.05) is 7.11 Å². The smallest absolute Gasteiger partial charge is 0.262 e. The summed E-state index contributed by atoms with van der Waals surface area (Å²) in [5.74, 6) is 0.843. The molecule has 0 saturated heterocycles. The van der Waals surface area contributed by atoms with E-state index in [0.29, 0.717) is 11.5 Å². The van der Waals surface area contributed by atoms with Crippen LogP contribution in [0.4, 0.5) is 0 Å². The first-order chi connectivity index (χ1) is 10.2. The van der Waals surface area contributed by atoms with Crippen molar-refractivity contribution < 1.29 is 13.9 Å². The van der Waals surface area contributed by atoms with Crippen molar-refractivity contribution in [3.05, 3.63) is 59.6 Å². The molecule has 0 spiro atoms. The maximum absolute atomic E-state index is 12.0. The van der Waals surface area contributed by atoms with Crippen LogP contribution in [0, 0.1) is 11.3 Å². The fourth-order valence-corrected chi connectivity index (χ4v) is 1.72. The standard InChI is InChI=1S/C16H14N2O3/c1-20-14-5-2-4-12(9-14)8-13(10-17)16(19)18-11-15-6-3-7-21-15/h2-9H,11H2,1H3,(H,18,19)/b13-8-. The lowest BCUT2D eigenvalue weighted by molar-refractivity contribution is -0.117. The third-order valence-corrected chi connectivity index (χ3v) is 2.77. The summed E-state index contributed by atoms with van der Waals surface area (Å²) in [5.41, 5.74) is 0.744.